The summed E-state index contributed by atoms with van der Waals surface area (Å²) in [6, 6.07) is 13.2. The van der Waals surface area contributed by atoms with Gasteiger partial charge < -0.3 is 14.8 Å². The monoisotopic (exact) mass is 372 g/mol. The lowest BCUT2D eigenvalue weighted by molar-refractivity contribution is -0.116. The number of rotatable bonds is 9. The van der Waals surface area contributed by atoms with Crippen LogP contribution in [-0.2, 0) is 4.79 Å². The normalized spacial score (nSPS) is 14.1. The van der Waals surface area contributed by atoms with E-state index in [1.807, 2.05) is 24.3 Å². The molecule has 144 valence electrons. The number of amides is 1. The molecule has 6 heteroatoms. The number of benzene rings is 2. The Hall–Kier alpha value is -2.60. The van der Waals surface area contributed by atoms with Gasteiger partial charge >= 0.3 is 0 Å². The highest BCUT2D eigenvalue weighted by Gasteiger charge is 2.10. The van der Waals surface area contributed by atoms with Crippen LogP contribution in [0.3, 0.4) is 0 Å². The Balaban J connectivity index is 1.35. The third-order valence-electron chi connectivity index (χ3n) is 4.41. The second-order valence-electron chi connectivity index (χ2n) is 6.53. The lowest BCUT2D eigenvalue weighted by atomic mass is 10.3. The maximum atomic E-state index is 13.1. The van der Waals surface area contributed by atoms with Crippen molar-refractivity contribution >= 4 is 11.6 Å². The van der Waals surface area contributed by atoms with E-state index in [0.717, 1.165) is 25.4 Å². The molecular formula is C21H25FN2O3. The van der Waals surface area contributed by atoms with Crippen LogP contribution in [0.2, 0.25) is 0 Å². The molecule has 3 rings (SSSR count). The number of carbonyl (C=O) groups is 1. The average molecular weight is 372 g/mol. The number of nitrogens with one attached hydrogen (secondary N) is 1. The van der Waals surface area contributed by atoms with Crippen molar-refractivity contribution in [3.63, 3.8) is 0 Å². The van der Waals surface area contributed by atoms with Crippen LogP contribution < -0.4 is 14.8 Å². The van der Waals surface area contributed by atoms with E-state index in [4.69, 9.17) is 9.47 Å². The van der Waals surface area contributed by atoms with E-state index >= 15 is 0 Å². The summed E-state index contributed by atoms with van der Waals surface area (Å²) in [6.45, 7) is 4.13. The fraction of sp³-hybridized carbons (Fsp3) is 0.381. The molecule has 2 aromatic rings. The highest BCUT2D eigenvalue weighted by atomic mass is 19.1. The number of hydrogen-bond acceptors (Lipinski definition) is 4. The van der Waals surface area contributed by atoms with Gasteiger partial charge in [-0.3, -0.25) is 9.69 Å². The molecule has 0 saturated carbocycles. The zero-order chi connectivity index (χ0) is 18.9. The van der Waals surface area contributed by atoms with Gasteiger partial charge in [0.15, 0.2) is 0 Å². The number of halogens is 1. The Bertz CT molecular complexity index is 730. The smallest absolute Gasteiger partial charge is 0.227 e. The molecule has 0 aromatic heterocycles. The summed E-state index contributed by atoms with van der Waals surface area (Å²) in [6.07, 6.45) is 2.74. The maximum Gasteiger partial charge on any atom is 0.227 e. The van der Waals surface area contributed by atoms with E-state index < -0.39 is 0 Å². The molecule has 1 fully saturated rings. The summed E-state index contributed by atoms with van der Waals surface area (Å²) in [5.74, 6) is 0.689. The van der Waals surface area contributed by atoms with E-state index in [9.17, 15) is 9.18 Å². The van der Waals surface area contributed by atoms with Gasteiger partial charge in [-0.2, -0.15) is 0 Å². The Morgan fingerprint density at radius 2 is 1.74 bits per heavy atom. The Labute approximate surface area is 159 Å². The van der Waals surface area contributed by atoms with Gasteiger partial charge in [0.2, 0.25) is 5.91 Å². The molecule has 0 aliphatic carbocycles. The van der Waals surface area contributed by atoms with E-state index in [-0.39, 0.29) is 24.8 Å². The van der Waals surface area contributed by atoms with Gasteiger partial charge in [0, 0.05) is 18.3 Å². The summed E-state index contributed by atoms with van der Waals surface area (Å²) in [5.41, 5.74) is 0.706. The van der Waals surface area contributed by atoms with E-state index in [2.05, 4.69) is 10.2 Å². The minimum Gasteiger partial charge on any atom is -0.493 e. The van der Waals surface area contributed by atoms with Crippen LogP contribution in [0, 0.1) is 5.82 Å². The van der Waals surface area contributed by atoms with Crippen molar-refractivity contribution in [3.8, 4) is 11.5 Å². The summed E-state index contributed by atoms with van der Waals surface area (Å²) in [4.78, 5) is 14.4. The third-order valence-corrected chi connectivity index (χ3v) is 4.41. The molecule has 0 bridgehead atoms. The zero-order valence-corrected chi connectivity index (χ0v) is 15.3. The van der Waals surface area contributed by atoms with Gasteiger partial charge in [-0.1, -0.05) is 6.07 Å². The Kier molecular flexibility index (Phi) is 7.04. The minimum atomic E-state index is -0.361. The van der Waals surface area contributed by atoms with E-state index in [1.165, 1.54) is 25.0 Å². The molecule has 5 nitrogen and oxygen atoms in total. The second-order valence-corrected chi connectivity index (χ2v) is 6.53. The lowest BCUT2D eigenvalue weighted by Gasteiger charge is -2.15. The molecule has 0 atom stereocenters. The summed E-state index contributed by atoms with van der Waals surface area (Å²) in [5, 5.41) is 2.81. The first kappa shape index (κ1) is 19.2. The summed E-state index contributed by atoms with van der Waals surface area (Å²) >= 11 is 0. The minimum absolute atomic E-state index is 0.158. The van der Waals surface area contributed by atoms with Gasteiger partial charge in [-0.25, -0.2) is 4.39 Å². The molecule has 1 saturated heterocycles. The molecule has 27 heavy (non-hydrogen) atoms. The number of hydrogen-bond donors (Lipinski definition) is 1. The topological polar surface area (TPSA) is 50.8 Å². The highest BCUT2D eigenvalue weighted by molar-refractivity contribution is 5.90. The molecule has 0 radical (unpaired) electrons. The predicted molar refractivity (Wildman–Crippen MR) is 103 cm³/mol. The van der Waals surface area contributed by atoms with Crippen molar-refractivity contribution in [1.82, 2.24) is 4.90 Å². The highest BCUT2D eigenvalue weighted by Crippen LogP contribution is 2.17. The van der Waals surface area contributed by atoms with Gasteiger partial charge in [0.05, 0.1) is 13.0 Å². The van der Waals surface area contributed by atoms with Crippen LogP contribution >= 0.6 is 0 Å². The van der Waals surface area contributed by atoms with Crippen molar-refractivity contribution < 1.29 is 18.7 Å². The first-order chi connectivity index (χ1) is 13.2. The van der Waals surface area contributed by atoms with Crippen molar-refractivity contribution in [2.45, 2.75) is 19.3 Å². The number of nitrogens with zero attached hydrogens (tertiary/aromatic N) is 1. The SMILES string of the molecule is O=C(CCOc1cccc(F)c1)Nc1ccc(OCCN2CCCC2)cc1. The maximum absolute atomic E-state index is 13.1. The van der Waals surface area contributed by atoms with Crippen molar-refractivity contribution in [2.24, 2.45) is 0 Å². The average Bonchev–Trinajstić information content (AvgIpc) is 3.17. The lowest BCUT2D eigenvalue weighted by Crippen LogP contribution is -2.25. The molecule has 2 aromatic carbocycles. The fourth-order valence-electron chi connectivity index (χ4n) is 2.98. The van der Waals surface area contributed by atoms with Crippen LogP contribution in [0.5, 0.6) is 11.5 Å². The Morgan fingerprint density at radius 1 is 1.00 bits per heavy atom. The second kappa shape index (κ2) is 9.92. The number of carbonyl (C=O) groups excluding carboxylic acids is 1. The van der Waals surface area contributed by atoms with E-state index in [1.54, 1.807) is 12.1 Å². The van der Waals surface area contributed by atoms with Gasteiger partial charge in [0.1, 0.15) is 23.9 Å². The predicted octanol–water partition coefficient (Wildman–Crippen LogP) is 3.71. The molecule has 1 aliphatic rings. The number of anilines is 1. The quantitative estimate of drug-likeness (QED) is 0.729. The Morgan fingerprint density at radius 3 is 2.48 bits per heavy atom. The van der Waals surface area contributed by atoms with E-state index in [0.29, 0.717) is 18.0 Å². The van der Waals surface area contributed by atoms with Crippen LogP contribution in [0.25, 0.3) is 0 Å². The van der Waals surface area contributed by atoms with Crippen molar-refractivity contribution in [3.05, 3.63) is 54.3 Å². The molecule has 1 heterocycles. The molecule has 1 N–H and O–H groups in total. The number of likely N-dealkylation sites (tertiary alicyclic amines) is 1. The molecular weight excluding hydrogens is 347 g/mol. The molecule has 0 spiro atoms. The largest absolute Gasteiger partial charge is 0.493 e. The standard InChI is InChI=1S/C21H25FN2O3/c22-17-4-3-5-20(16-17)26-14-10-21(25)23-18-6-8-19(9-7-18)27-15-13-24-11-1-2-12-24/h3-9,16H,1-2,10-15H2,(H,23,25). The van der Waals surface area contributed by atoms with Crippen molar-refractivity contribution in [1.29, 1.82) is 0 Å². The molecule has 1 amide bonds. The zero-order valence-electron chi connectivity index (χ0n) is 15.3. The summed E-state index contributed by atoms with van der Waals surface area (Å²) < 4.78 is 24.2. The summed E-state index contributed by atoms with van der Waals surface area (Å²) in [7, 11) is 0. The van der Waals surface area contributed by atoms with Gasteiger partial charge in [0.25, 0.3) is 0 Å². The van der Waals surface area contributed by atoms with Crippen LogP contribution in [0.15, 0.2) is 48.5 Å². The van der Waals surface area contributed by atoms with Crippen molar-refractivity contribution in [2.75, 3.05) is 38.2 Å². The molecule has 1 aliphatic heterocycles. The molecule has 0 unspecified atom stereocenters. The first-order valence-corrected chi connectivity index (χ1v) is 9.32. The number of ether oxygens (including phenoxy) is 2. The van der Waals surface area contributed by atoms with Gasteiger partial charge in [-0.15, -0.1) is 0 Å². The third kappa shape index (κ3) is 6.57. The fourth-order valence-corrected chi connectivity index (χ4v) is 2.98. The van der Waals surface area contributed by atoms with Crippen LogP contribution in [0.1, 0.15) is 19.3 Å². The van der Waals surface area contributed by atoms with Gasteiger partial charge in [-0.05, 0) is 62.3 Å². The van der Waals surface area contributed by atoms with Crippen LogP contribution in [-0.4, -0.2) is 43.7 Å². The first-order valence-electron chi connectivity index (χ1n) is 9.32. The van der Waals surface area contributed by atoms with Crippen LogP contribution in [0.4, 0.5) is 10.1 Å².